The Balaban J connectivity index is 1.93. The van der Waals surface area contributed by atoms with Gasteiger partial charge in [0.25, 0.3) is 10.0 Å². The van der Waals surface area contributed by atoms with Crippen LogP contribution in [-0.2, 0) is 19.3 Å². The molecule has 6 nitrogen and oxygen atoms in total. The topological polar surface area (TPSA) is 70.4 Å². The second-order valence-corrected chi connectivity index (χ2v) is 10.5. The monoisotopic (exact) mass is 432 g/mol. The number of rotatable bonds is 3. The lowest BCUT2D eigenvalue weighted by molar-refractivity contribution is 0.00578. The van der Waals surface area contributed by atoms with Crippen LogP contribution in [-0.4, -0.2) is 35.7 Å². The Hall–Kier alpha value is -1.87. The van der Waals surface area contributed by atoms with Crippen LogP contribution in [0.1, 0.15) is 33.3 Å². The van der Waals surface area contributed by atoms with Gasteiger partial charge in [-0.25, -0.2) is 12.4 Å². The van der Waals surface area contributed by atoms with E-state index in [0.717, 1.165) is 5.56 Å². The fraction of sp³-hybridized carbons (Fsp3) is 0.350. The molecule has 0 amide bonds. The van der Waals surface area contributed by atoms with E-state index in [1.807, 2.05) is 34.6 Å². The van der Waals surface area contributed by atoms with E-state index >= 15 is 0 Å². The summed E-state index contributed by atoms with van der Waals surface area (Å²) in [5, 5.41) is 0.286. The maximum atomic E-state index is 13.4. The Morgan fingerprint density at radius 2 is 1.62 bits per heavy atom. The van der Waals surface area contributed by atoms with E-state index in [4.69, 9.17) is 20.9 Å². The number of benzene rings is 1. The Kier molecular flexibility index (Phi) is 4.62. The molecule has 0 radical (unpaired) electrons. The molecule has 0 spiro atoms. The van der Waals surface area contributed by atoms with Crippen molar-refractivity contribution in [1.29, 1.82) is 0 Å². The van der Waals surface area contributed by atoms with Crippen molar-refractivity contribution in [3.05, 3.63) is 53.3 Å². The third-order valence-corrected chi connectivity index (χ3v) is 7.69. The molecule has 0 unspecified atom stereocenters. The van der Waals surface area contributed by atoms with E-state index in [-0.39, 0.29) is 9.92 Å². The molecule has 0 aliphatic carbocycles. The normalized spacial score (nSPS) is 18.5. The third kappa shape index (κ3) is 3.19. The molecule has 0 saturated carbocycles. The van der Waals surface area contributed by atoms with E-state index in [1.54, 1.807) is 36.5 Å². The highest BCUT2D eigenvalue weighted by Crippen LogP contribution is 2.37. The van der Waals surface area contributed by atoms with Gasteiger partial charge in [0.15, 0.2) is 0 Å². The van der Waals surface area contributed by atoms with Crippen LogP contribution >= 0.6 is 11.6 Å². The molecule has 1 saturated heterocycles. The summed E-state index contributed by atoms with van der Waals surface area (Å²) in [6.45, 7) is 9.66. The fourth-order valence-corrected chi connectivity index (χ4v) is 4.93. The van der Waals surface area contributed by atoms with Crippen LogP contribution in [0.5, 0.6) is 0 Å². The Morgan fingerprint density at radius 3 is 2.21 bits per heavy atom. The van der Waals surface area contributed by atoms with Crippen molar-refractivity contribution >= 4 is 45.2 Å². The highest BCUT2D eigenvalue weighted by atomic mass is 35.5. The van der Waals surface area contributed by atoms with Gasteiger partial charge in [0, 0.05) is 17.9 Å². The Bertz CT molecular complexity index is 1190. The van der Waals surface area contributed by atoms with Crippen LogP contribution in [0.3, 0.4) is 0 Å². The molecule has 2 aromatic heterocycles. The minimum Gasteiger partial charge on any atom is -0.399 e. The van der Waals surface area contributed by atoms with Crippen LogP contribution in [0, 0.1) is 6.92 Å². The predicted octanol–water partition coefficient (Wildman–Crippen LogP) is 3.53. The van der Waals surface area contributed by atoms with Crippen molar-refractivity contribution in [3.8, 4) is 0 Å². The van der Waals surface area contributed by atoms with Gasteiger partial charge < -0.3 is 9.31 Å². The molecular formula is C20H22BClN2O4S. The maximum absolute atomic E-state index is 13.4. The number of halogens is 1. The molecular weight excluding hydrogens is 411 g/mol. The SMILES string of the molecule is Cc1ccc(S(=O)(=O)n2cc(B3OC(C)(C)C(C)(C)O3)c3nccc(Cl)c32)cc1. The fourth-order valence-electron chi connectivity index (χ4n) is 3.26. The molecule has 3 aromatic rings. The summed E-state index contributed by atoms with van der Waals surface area (Å²) >= 11 is 6.41. The van der Waals surface area contributed by atoms with Gasteiger partial charge in [-0.05, 0) is 52.8 Å². The highest BCUT2D eigenvalue weighted by molar-refractivity contribution is 7.90. The highest BCUT2D eigenvalue weighted by Gasteiger charge is 2.53. The number of fused-ring (bicyclic) bond motifs is 1. The van der Waals surface area contributed by atoms with E-state index in [1.165, 1.54) is 10.2 Å². The molecule has 4 rings (SSSR count). The van der Waals surface area contributed by atoms with Crippen LogP contribution < -0.4 is 5.46 Å². The second-order valence-electron chi connectivity index (χ2n) is 8.28. The van der Waals surface area contributed by atoms with Gasteiger partial charge in [0.05, 0.1) is 26.6 Å². The summed E-state index contributed by atoms with van der Waals surface area (Å²) in [6.07, 6.45) is 3.04. The zero-order valence-electron chi connectivity index (χ0n) is 16.9. The number of nitrogens with zero attached hydrogens (tertiary/aromatic N) is 2. The summed E-state index contributed by atoms with van der Waals surface area (Å²) < 4.78 is 40.2. The molecule has 29 heavy (non-hydrogen) atoms. The zero-order valence-corrected chi connectivity index (χ0v) is 18.5. The average molecular weight is 433 g/mol. The van der Waals surface area contributed by atoms with Gasteiger partial charge in [0.1, 0.15) is 5.52 Å². The van der Waals surface area contributed by atoms with Gasteiger partial charge >= 0.3 is 7.12 Å². The lowest BCUT2D eigenvalue weighted by Gasteiger charge is -2.32. The number of aromatic nitrogens is 2. The van der Waals surface area contributed by atoms with Crippen molar-refractivity contribution in [2.75, 3.05) is 0 Å². The molecule has 9 heteroatoms. The lowest BCUT2D eigenvalue weighted by atomic mass is 9.80. The van der Waals surface area contributed by atoms with Crippen LogP contribution in [0.4, 0.5) is 0 Å². The van der Waals surface area contributed by atoms with Crippen molar-refractivity contribution in [1.82, 2.24) is 8.96 Å². The molecule has 0 atom stereocenters. The summed E-state index contributed by atoms with van der Waals surface area (Å²) in [5.74, 6) is 0. The first-order chi connectivity index (χ1) is 13.4. The molecule has 3 heterocycles. The van der Waals surface area contributed by atoms with Gasteiger partial charge in [-0.1, -0.05) is 29.3 Å². The summed E-state index contributed by atoms with van der Waals surface area (Å²) in [6, 6.07) is 8.24. The third-order valence-electron chi connectivity index (χ3n) is 5.71. The summed E-state index contributed by atoms with van der Waals surface area (Å²) in [4.78, 5) is 4.56. The Morgan fingerprint density at radius 1 is 1.03 bits per heavy atom. The standard InChI is InChI=1S/C20H22BClN2O4S/c1-13-6-8-14(9-7-13)29(25,26)24-12-15(17-18(24)16(22)10-11-23-17)21-27-19(2,3)20(4,5)28-21/h6-12H,1-5H3. The van der Waals surface area contributed by atoms with Crippen LogP contribution in [0.25, 0.3) is 11.0 Å². The molecule has 1 aromatic carbocycles. The van der Waals surface area contributed by atoms with Gasteiger partial charge in [-0.15, -0.1) is 0 Å². The van der Waals surface area contributed by atoms with Gasteiger partial charge in [-0.2, -0.15) is 0 Å². The van der Waals surface area contributed by atoms with Gasteiger partial charge in [0.2, 0.25) is 0 Å². The van der Waals surface area contributed by atoms with E-state index in [2.05, 4.69) is 4.98 Å². The first-order valence-corrected chi connectivity index (χ1v) is 11.1. The maximum Gasteiger partial charge on any atom is 0.498 e. The first kappa shape index (κ1) is 20.4. The minimum absolute atomic E-state index is 0.167. The molecule has 0 bridgehead atoms. The van der Waals surface area contributed by atoms with E-state index in [9.17, 15) is 8.42 Å². The van der Waals surface area contributed by atoms with E-state index < -0.39 is 28.3 Å². The quantitative estimate of drug-likeness (QED) is 0.592. The lowest BCUT2D eigenvalue weighted by Crippen LogP contribution is -2.41. The van der Waals surface area contributed by atoms with Crippen LogP contribution in [0.15, 0.2) is 47.6 Å². The van der Waals surface area contributed by atoms with Crippen molar-refractivity contribution in [2.24, 2.45) is 0 Å². The molecule has 152 valence electrons. The molecule has 0 N–H and O–H groups in total. The summed E-state index contributed by atoms with van der Waals surface area (Å²) in [5.41, 5.74) is 1.10. The number of pyridine rings is 1. The zero-order chi connectivity index (χ0) is 21.2. The number of hydrogen-bond donors (Lipinski definition) is 0. The second kappa shape index (κ2) is 6.57. The van der Waals surface area contributed by atoms with Gasteiger partial charge in [-0.3, -0.25) is 4.98 Å². The van der Waals surface area contributed by atoms with Crippen molar-refractivity contribution < 1.29 is 17.7 Å². The minimum atomic E-state index is -3.89. The molecule has 1 aliphatic heterocycles. The molecule has 1 aliphatic rings. The van der Waals surface area contributed by atoms with E-state index in [0.29, 0.717) is 16.5 Å². The largest absolute Gasteiger partial charge is 0.498 e. The summed E-state index contributed by atoms with van der Waals surface area (Å²) in [7, 11) is -4.65. The smallest absolute Gasteiger partial charge is 0.399 e. The average Bonchev–Trinajstić information content (AvgIpc) is 3.12. The van der Waals surface area contributed by atoms with Crippen molar-refractivity contribution in [2.45, 2.75) is 50.7 Å². The first-order valence-electron chi connectivity index (χ1n) is 9.27. The number of hydrogen-bond acceptors (Lipinski definition) is 5. The Labute approximate surface area is 176 Å². The number of aryl methyl sites for hydroxylation is 1. The predicted molar refractivity (Wildman–Crippen MR) is 114 cm³/mol. The molecule has 1 fully saturated rings. The van der Waals surface area contributed by atoms with Crippen molar-refractivity contribution in [3.63, 3.8) is 0 Å². The van der Waals surface area contributed by atoms with Crippen LogP contribution in [0.2, 0.25) is 5.02 Å².